The molecule has 2 aromatic carbocycles. The van der Waals surface area contributed by atoms with Crippen molar-refractivity contribution in [2.75, 3.05) is 5.32 Å². The molecule has 2 amide bonds. The number of hydrogen-bond donors (Lipinski definition) is 2. The molecule has 3 N–H and O–H groups in total. The number of aryl methyl sites for hydroxylation is 2. The van der Waals surface area contributed by atoms with Crippen LogP contribution in [0.15, 0.2) is 53.0 Å². The molecule has 2 aromatic heterocycles. The zero-order valence-electron chi connectivity index (χ0n) is 19.5. The van der Waals surface area contributed by atoms with Gasteiger partial charge in [0.1, 0.15) is 5.00 Å². The minimum atomic E-state index is -0.485. The largest absolute Gasteiger partial charge is 0.365 e. The predicted octanol–water partition coefficient (Wildman–Crippen LogP) is 7.04. The van der Waals surface area contributed by atoms with Gasteiger partial charge in [-0.2, -0.15) is 0 Å². The fourth-order valence-electron chi connectivity index (χ4n) is 4.70. The Kier molecular flexibility index (Phi) is 6.71. The first-order valence-electron chi connectivity index (χ1n) is 11.8. The molecule has 5 nitrogen and oxygen atoms in total. The number of hydrogen-bond acceptors (Lipinski definition) is 4. The second-order valence-corrected chi connectivity index (χ2v) is 11.0. The van der Waals surface area contributed by atoms with E-state index in [-0.39, 0.29) is 5.91 Å². The molecule has 0 spiro atoms. The highest BCUT2D eigenvalue weighted by atomic mass is 79.9. The van der Waals surface area contributed by atoms with Crippen molar-refractivity contribution in [2.24, 2.45) is 5.73 Å². The molecule has 0 bridgehead atoms. The van der Waals surface area contributed by atoms with Gasteiger partial charge in [-0.25, -0.2) is 4.98 Å². The maximum atomic E-state index is 13.7. The summed E-state index contributed by atoms with van der Waals surface area (Å²) in [5.74, 6) is -0.762. The van der Waals surface area contributed by atoms with Gasteiger partial charge >= 0.3 is 0 Å². The first-order valence-corrected chi connectivity index (χ1v) is 13.4. The summed E-state index contributed by atoms with van der Waals surface area (Å²) in [5.41, 5.74) is 11.3. The van der Waals surface area contributed by atoms with Gasteiger partial charge in [-0.1, -0.05) is 58.6 Å². The molecule has 0 aliphatic heterocycles. The maximum Gasteiger partial charge on any atom is 0.257 e. The molecule has 0 saturated carbocycles. The van der Waals surface area contributed by atoms with Gasteiger partial charge < -0.3 is 11.1 Å². The molecule has 1 aliphatic carbocycles. The van der Waals surface area contributed by atoms with Crippen molar-refractivity contribution in [3.8, 4) is 11.3 Å². The van der Waals surface area contributed by atoms with Crippen LogP contribution in [0.1, 0.15) is 62.4 Å². The first kappa shape index (κ1) is 23.7. The van der Waals surface area contributed by atoms with E-state index in [0.717, 1.165) is 74.7 Å². The number of nitrogens with zero attached hydrogens (tertiary/aromatic N) is 1. The molecule has 0 fully saturated rings. The number of fused-ring (bicyclic) bond motifs is 2. The van der Waals surface area contributed by atoms with E-state index in [9.17, 15) is 9.59 Å². The third kappa shape index (κ3) is 4.88. The number of carbonyl (C=O) groups excluding carboxylic acids is 2. The molecule has 7 heteroatoms. The minimum Gasteiger partial charge on any atom is -0.365 e. The van der Waals surface area contributed by atoms with Crippen molar-refractivity contribution < 1.29 is 9.59 Å². The number of amides is 2. The number of rotatable bonds is 4. The summed E-state index contributed by atoms with van der Waals surface area (Å²) < 4.78 is 0.862. The topological polar surface area (TPSA) is 85.1 Å². The van der Waals surface area contributed by atoms with Gasteiger partial charge in [-0.3, -0.25) is 9.59 Å². The van der Waals surface area contributed by atoms with Crippen LogP contribution in [0.3, 0.4) is 0 Å². The molecular formula is C28H26BrN3O2S. The van der Waals surface area contributed by atoms with Crippen molar-refractivity contribution in [1.29, 1.82) is 0 Å². The van der Waals surface area contributed by atoms with E-state index in [1.54, 1.807) is 0 Å². The Morgan fingerprint density at radius 3 is 2.49 bits per heavy atom. The van der Waals surface area contributed by atoms with Gasteiger partial charge in [0.15, 0.2) is 0 Å². The van der Waals surface area contributed by atoms with Gasteiger partial charge in [0, 0.05) is 20.3 Å². The second kappa shape index (κ2) is 9.91. The number of benzene rings is 2. The number of aromatic nitrogens is 1. The number of pyridine rings is 1. The lowest BCUT2D eigenvalue weighted by Crippen LogP contribution is -2.18. The predicted molar refractivity (Wildman–Crippen MR) is 146 cm³/mol. The number of halogens is 1. The van der Waals surface area contributed by atoms with Gasteiger partial charge in [-0.05, 0) is 62.4 Å². The van der Waals surface area contributed by atoms with Crippen LogP contribution in [0.2, 0.25) is 0 Å². The average molecular weight is 549 g/mol. The highest BCUT2D eigenvalue weighted by Gasteiger charge is 2.25. The van der Waals surface area contributed by atoms with Crippen molar-refractivity contribution in [1.82, 2.24) is 4.98 Å². The van der Waals surface area contributed by atoms with Crippen LogP contribution in [0, 0.1) is 6.92 Å². The van der Waals surface area contributed by atoms with Gasteiger partial charge in [0.2, 0.25) is 0 Å². The molecule has 0 atom stereocenters. The van der Waals surface area contributed by atoms with Gasteiger partial charge in [0.05, 0.1) is 22.3 Å². The third-order valence-corrected chi connectivity index (χ3v) is 8.21. The van der Waals surface area contributed by atoms with Gasteiger partial charge in [-0.15, -0.1) is 11.3 Å². The zero-order valence-corrected chi connectivity index (χ0v) is 21.9. The van der Waals surface area contributed by atoms with Crippen LogP contribution >= 0.6 is 27.3 Å². The van der Waals surface area contributed by atoms with Crippen molar-refractivity contribution in [2.45, 2.75) is 45.4 Å². The summed E-state index contributed by atoms with van der Waals surface area (Å²) in [6.07, 6.45) is 6.18. The van der Waals surface area contributed by atoms with Crippen LogP contribution in [0.5, 0.6) is 0 Å². The van der Waals surface area contributed by atoms with E-state index in [0.29, 0.717) is 16.1 Å². The lowest BCUT2D eigenvalue weighted by Gasteiger charge is -2.12. The summed E-state index contributed by atoms with van der Waals surface area (Å²) in [6.45, 7) is 2.04. The van der Waals surface area contributed by atoms with Crippen molar-refractivity contribution in [3.05, 3.63) is 80.1 Å². The Morgan fingerprint density at radius 1 is 1.00 bits per heavy atom. The Hall–Kier alpha value is -3.03. The molecular weight excluding hydrogens is 522 g/mol. The van der Waals surface area contributed by atoms with E-state index >= 15 is 0 Å². The van der Waals surface area contributed by atoms with E-state index in [1.807, 2.05) is 55.5 Å². The fourth-order valence-corrected chi connectivity index (χ4v) is 6.35. The molecule has 2 heterocycles. The van der Waals surface area contributed by atoms with E-state index < -0.39 is 5.91 Å². The van der Waals surface area contributed by atoms with Crippen LogP contribution in [0.4, 0.5) is 5.00 Å². The highest BCUT2D eigenvalue weighted by molar-refractivity contribution is 9.10. The molecule has 178 valence electrons. The fraction of sp³-hybridized carbons (Fsp3) is 0.250. The zero-order chi connectivity index (χ0) is 24.5. The standard InChI is InChI=1S/C28H26BrN3O2S/c1-16-8-10-17(11-9-16)23-15-21(20-14-18(29)12-13-22(20)31-23)27(34)32-28-25(26(30)33)19-6-4-2-3-5-7-24(19)35-28/h8-15H,2-7H2,1H3,(H2,30,33)(H,32,34). The smallest absolute Gasteiger partial charge is 0.257 e. The van der Waals surface area contributed by atoms with Crippen molar-refractivity contribution >= 4 is 55.0 Å². The normalized spacial score (nSPS) is 13.7. The van der Waals surface area contributed by atoms with E-state index in [2.05, 4.69) is 21.2 Å². The lowest BCUT2D eigenvalue weighted by atomic mass is 9.96. The Bertz CT molecular complexity index is 1440. The van der Waals surface area contributed by atoms with E-state index in [4.69, 9.17) is 10.7 Å². The quantitative estimate of drug-likeness (QED) is 0.287. The SMILES string of the molecule is Cc1ccc(-c2cc(C(=O)Nc3sc4c(c3C(N)=O)CCCCCC4)c3cc(Br)ccc3n2)cc1. The van der Waals surface area contributed by atoms with Crippen molar-refractivity contribution in [3.63, 3.8) is 0 Å². The van der Waals surface area contributed by atoms with Crippen LogP contribution in [-0.2, 0) is 12.8 Å². The lowest BCUT2D eigenvalue weighted by molar-refractivity contribution is 0.100. The Balaban J connectivity index is 1.59. The molecule has 1 aliphatic rings. The number of nitrogens with one attached hydrogen (secondary N) is 1. The van der Waals surface area contributed by atoms with Crippen LogP contribution < -0.4 is 11.1 Å². The maximum absolute atomic E-state index is 13.7. The molecule has 0 unspecified atom stereocenters. The number of nitrogens with two attached hydrogens (primary N) is 1. The Labute approximate surface area is 216 Å². The summed E-state index contributed by atoms with van der Waals surface area (Å²) in [6, 6.07) is 15.6. The highest BCUT2D eigenvalue weighted by Crippen LogP contribution is 2.37. The van der Waals surface area contributed by atoms with Gasteiger partial charge in [0.25, 0.3) is 11.8 Å². The summed E-state index contributed by atoms with van der Waals surface area (Å²) in [7, 11) is 0. The molecule has 5 rings (SSSR count). The molecule has 0 saturated heterocycles. The first-order chi connectivity index (χ1) is 16.9. The molecule has 35 heavy (non-hydrogen) atoms. The average Bonchev–Trinajstić information content (AvgIpc) is 3.14. The number of carbonyl (C=O) groups is 2. The molecule has 4 aromatic rings. The number of primary amides is 1. The summed E-state index contributed by atoms with van der Waals surface area (Å²) in [5, 5.41) is 4.33. The second-order valence-electron chi connectivity index (χ2n) is 9.02. The van der Waals surface area contributed by atoms with E-state index in [1.165, 1.54) is 17.8 Å². The van der Waals surface area contributed by atoms with Crippen LogP contribution in [-0.4, -0.2) is 16.8 Å². The Morgan fingerprint density at radius 2 is 1.74 bits per heavy atom. The minimum absolute atomic E-state index is 0.277. The summed E-state index contributed by atoms with van der Waals surface area (Å²) >= 11 is 5.01. The monoisotopic (exact) mass is 547 g/mol. The van der Waals surface area contributed by atoms with Crippen LogP contribution in [0.25, 0.3) is 22.2 Å². The molecule has 0 radical (unpaired) electrons. The summed E-state index contributed by atoms with van der Waals surface area (Å²) in [4.78, 5) is 32.1. The third-order valence-electron chi connectivity index (χ3n) is 6.51. The number of anilines is 1. The number of thiophene rings is 1.